The van der Waals surface area contributed by atoms with Gasteiger partial charge in [-0.05, 0) is 29.8 Å². The Balaban J connectivity index is 1.25. The number of halogens is 1. The smallest absolute Gasteiger partial charge is 0.317 e. The summed E-state index contributed by atoms with van der Waals surface area (Å²) in [6, 6.07) is 8.14. The van der Waals surface area contributed by atoms with Gasteiger partial charge in [-0.25, -0.2) is 9.37 Å². The number of ketones is 2. The summed E-state index contributed by atoms with van der Waals surface area (Å²) in [5.41, 5.74) is 2.79. The molecule has 0 amide bonds. The summed E-state index contributed by atoms with van der Waals surface area (Å²) in [7, 11) is 0. The van der Waals surface area contributed by atoms with Crippen LogP contribution in [-0.4, -0.2) is 72.0 Å². The molecule has 0 saturated carbocycles. The number of Topliss-reactive ketones (excluding diaryl/α,β-unsaturated/α-hetero) is 1. The minimum absolute atomic E-state index is 0.0497. The maximum atomic E-state index is 15.1. The van der Waals surface area contributed by atoms with Crippen molar-refractivity contribution in [3.05, 3.63) is 76.0 Å². The van der Waals surface area contributed by atoms with Gasteiger partial charge in [-0.3, -0.25) is 9.59 Å². The van der Waals surface area contributed by atoms with Crippen LogP contribution in [0.2, 0.25) is 0 Å². The number of benzene rings is 1. The number of rotatable bonds is 8. The molecule has 2 N–H and O–H groups in total. The van der Waals surface area contributed by atoms with Crippen molar-refractivity contribution in [2.24, 2.45) is 0 Å². The van der Waals surface area contributed by atoms with Crippen LogP contribution in [0.1, 0.15) is 56.1 Å². The lowest BCUT2D eigenvalue weighted by molar-refractivity contribution is 0.0152. The Morgan fingerprint density at radius 1 is 1.18 bits per heavy atom. The second-order valence-electron chi connectivity index (χ2n) is 10.2. The van der Waals surface area contributed by atoms with E-state index in [-0.39, 0.29) is 29.2 Å². The Labute approximate surface area is 231 Å². The number of anilines is 1. The average Bonchev–Trinajstić information content (AvgIpc) is 2.99. The predicted molar refractivity (Wildman–Crippen MR) is 144 cm³/mol. The van der Waals surface area contributed by atoms with E-state index in [1.165, 1.54) is 6.07 Å². The Morgan fingerprint density at radius 3 is 2.98 bits per heavy atom. The highest BCUT2D eigenvalue weighted by atomic mass is 19.1. The molecule has 11 heteroatoms. The first-order valence-electron chi connectivity index (χ1n) is 13.7. The molecule has 6 rings (SSSR count). The van der Waals surface area contributed by atoms with Crippen LogP contribution < -0.4 is 20.3 Å². The van der Waals surface area contributed by atoms with Crippen LogP contribution in [0, 0.1) is 5.82 Å². The van der Waals surface area contributed by atoms with Crippen LogP contribution >= 0.6 is 0 Å². The molecule has 3 aliphatic heterocycles. The summed E-state index contributed by atoms with van der Waals surface area (Å²) < 4.78 is 26.7. The average molecular weight is 547 g/mol. The second kappa shape index (κ2) is 11.7. The topological polar surface area (TPSA) is 119 Å². The minimum atomic E-state index is -0.623. The van der Waals surface area contributed by atoms with Crippen LogP contribution in [0.5, 0.6) is 6.01 Å². The van der Waals surface area contributed by atoms with Crippen molar-refractivity contribution in [2.45, 2.75) is 38.5 Å². The van der Waals surface area contributed by atoms with Gasteiger partial charge in [0, 0.05) is 70.3 Å². The molecule has 208 valence electrons. The highest BCUT2D eigenvalue weighted by molar-refractivity contribution is 6.09. The standard InChI is InChI=1S/C29H31FN6O4/c30-23-4-3-18(17-36-11-6-25(37)20-2-1-8-33-28(20)36)14-21(23)27(38)26-22-16-31-9-5-24(22)34-29(35-26)40-12-7-19-15-32-10-13-39-19/h1-4,8,14,19,31-32H,5-7,9-13,15-17H2. The molecule has 0 radical (unpaired) electrons. The summed E-state index contributed by atoms with van der Waals surface area (Å²) in [5.74, 6) is -0.485. The van der Waals surface area contributed by atoms with Crippen LogP contribution in [0.25, 0.3) is 0 Å². The van der Waals surface area contributed by atoms with E-state index in [1.807, 2.05) is 4.90 Å². The van der Waals surface area contributed by atoms with Crippen molar-refractivity contribution in [3.63, 3.8) is 0 Å². The molecule has 0 aliphatic carbocycles. The number of aromatic nitrogens is 3. The molecule has 3 aliphatic rings. The summed E-state index contributed by atoms with van der Waals surface area (Å²) >= 11 is 0. The lowest BCUT2D eigenvalue weighted by Crippen LogP contribution is -2.39. The summed E-state index contributed by atoms with van der Waals surface area (Å²) in [6.45, 7) is 4.62. The van der Waals surface area contributed by atoms with E-state index < -0.39 is 11.6 Å². The number of morpholine rings is 1. The zero-order chi connectivity index (χ0) is 27.5. The first kappa shape index (κ1) is 26.4. The molecule has 1 atom stereocenters. The van der Waals surface area contributed by atoms with Crippen LogP contribution in [0.15, 0.2) is 36.5 Å². The minimum Gasteiger partial charge on any atom is -0.463 e. The normalized spacial score (nSPS) is 18.7. The van der Waals surface area contributed by atoms with E-state index in [0.29, 0.717) is 69.1 Å². The molecular weight excluding hydrogens is 515 g/mol. The van der Waals surface area contributed by atoms with Gasteiger partial charge >= 0.3 is 6.01 Å². The molecular formula is C29H31FN6O4. The molecule has 1 saturated heterocycles. The van der Waals surface area contributed by atoms with Crippen molar-refractivity contribution < 1.29 is 23.5 Å². The maximum absolute atomic E-state index is 15.1. The predicted octanol–water partition coefficient (Wildman–Crippen LogP) is 2.24. The van der Waals surface area contributed by atoms with Crippen molar-refractivity contribution in [1.29, 1.82) is 0 Å². The van der Waals surface area contributed by atoms with Gasteiger partial charge in [-0.1, -0.05) is 6.07 Å². The molecule has 5 heterocycles. The third-order valence-electron chi connectivity index (χ3n) is 7.45. The van der Waals surface area contributed by atoms with Crippen molar-refractivity contribution in [3.8, 4) is 6.01 Å². The molecule has 1 aromatic carbocycles. The maximum Gasteiger partial charge on any atom is 0.317 e. The fourth-order valence-electron chi connectivity index (χ4n) is 5.35. The van der Waals surface area contributed by atoms with Crippen molar-refractivity contribution in [1.82, 2.24) is 25.6 Å². The van der Waals surface area contributed by atoms with Gasteiger partial charge in [0.15, 0.2) is 5.78 Å². The molecule has 3 aromatic rings. The SMILES string of the molecule is O=C1CCN(Cc2ccc(F)c(C(=O)c3nc(OCCC4CNCCO4)nc4c3CNCC4)c2)c2ncccc21. The van der Waals surface area contributed by atoms with E-state index in [1.54, 1.807) is 30.5 Å². The monoisotopic (exact) mass is 546 g/mol. The Hall–Kier alpha value is -3.80. The van der Waals surface area contributed by atoms with Crippen LogP contribution in [0.4, 0.5) is 10.2 Å². The number of nitrogens with one attached hydrogen (secondary N) is 2. The first-order chi connectivity index (χ1) is 19.6. The van der Waals surface area contributed by atoms with Gasteiger partial charge in [-0.15, -0.1) is 0 Å². The van der Waals surface area contributed by atoms with Crippen molar-refractivity contribution in [2.75, 3.05) is 44.3 Å². The van der Waals surface area contributed by atoms with Crippen molar-refractivity contribution >= 4 is 17.4 Å². The zero-order valence-electron chi connectivity index (χ0n) is 22.1. The molecule has 10 nitrogen and oxygen atoms in total. The fourth-order valence-corrected chi connectivity index (χ4v) is 5.35. The third kappa shape index (κ3) is 5.58. The van der Waals surface area contributed by atoms with E-state index in [2.05, 4.69) is 25.6 Å². The van der Waals surface area contributed by atoms with Crippen LogP contribution in [-0.2, 0) is 24.2 Å². The Kier molecular flexibility index (Phi) is 7.76. The van der Waals surface area contributed by atoms with Gasteiger partial charge in [0.1, 0.15) is 17.3 Å². The number of carbonyl (C=O) groups is 2. The van der Waals surface area contributed by atoms with E-state index in [4.69, 9.17) is 9.47 Å². The third-order valence-corrected chi connectivity index (χ3v) is 7.45. The van der Waals surface area contributed by atoms with Gasteiger partial charge in [0.2, 0.25) is 5.78 Å². The van der Waals surface area contributed by atoms with Gasteiger partial charge in [0.05, 0.1) is 36.1 Å². The highest BCUT2D eigenvalue weighted by Gasteiger charge is 2.27. The second-order valence-corrected chi connectivity index (χ2v) is 10.2. The van der Waals surface area contributed by atoms with E-state index >= 15 is 4.39 Å². The lowest BCUT2D eigenvalue weighted by Gasteiger charge is -2.29. The summed E-state index contributed by atoms with van der Waals surface area (Å²) in [6.07, 6.45) is 3.35. The van der Waals surface area contributed by atoms with Gasteiger partial charge < -0.3 is 25.0 Å². The summed E-state index contributed by atoms with van der Waals surface area (Å²) in [4.78, 5) is 41.5. The van der Waals surface area contributed by atoms with Crippen LogP contribution in [0.3, 0.4) is 0 Å². The molecule has 40 heavy (non-hydrogen) atoms. The number of carbonyl (C=O) groups excluding carboxylic acids is 2. The molecule has 2 aromatic heterocycles. The van der Waals surface area contributed by atoms with E-state index in [9.17, 15) is 9.59 Å². The van der Waals surface area contributed by atoms with Gasteiger partial charge in [0.25, 0.3) is 0 Å². The number of fused-ring (bicyclic) bond motifs is 2. The molecule has 0 spiro atoms. The quantitative estimate of drug-likeness (QED) is 0.407. The first-order valence-corrected chi connectivity index (χ1v) is 13.7. The number of hydrogen-bond donors (Lipinski definition) is 2. The summed E-state index contributed by atoms with van der Waals surface area (Å²) in [5, 5.41) is 6.54. The van der Waals surface area contributed by atoms with Gasteiger partial charge in [-0.2, -0.15) is 9.97 Å². The lowest BCUT2D eigenvalue weighted by atomic mass is 9.97. The molecule has 1 unspecified atom stereocenters. The Morgan fingerprint density at radius 2 is 2.10 bits per heavy atom. The zero-order valence-corrected chi connectivity index (χ0v) is 22.1. The highest BCUT2D eigenvalue weighted by Crippen LogP contribution is 2.28. The number of pyridine rings is 1. The number of nitrogens with zero attached hydrogens (tertiary/aromatic N) is 4. The number of ether oxygens (including phenoxy) is 2. The Bertz CT molecular complexity index is 1430. The molecule has 1 fully saturated rings. The fraction of sp³-hybridized carbons (Fsp3) is 0.414. The largest absolute Gasteiger partial charge is 0.463 e. The number of hydrogen-bond acceptors (Lipinski definition) is 10. The van der Waals surface area contributed by atoms with E-state index in [0.717, 1.165) is 30.9 Å². The molecule has 0 bridgehead atoms.